The van der Waals surface area contributed by atoms with Crippen molar-refractivity contribution in [3.8, 4) is 5.75 Å². The van der Waals surface area contributed by atoms with Gasteiger partial charge >= 0.3 is 23.9 Å². The summed E-state index contributed by atoms with van der Waals surface area (Å²) in [6.45, 7) is 5.95. The predicted octanol–water partition coefficient (Wildman–Crippen LogP) is -6.83. The first-order valence-corrected chi connectivity index (χ1v) is 25.8. The summed E-state index contributed by atoms with van der Waals surface area (Å²) in [5.74, 6) is -19.8. The number of phenolic OH excluding ortho intramolecular Hbond substituents is 1. The minimum atomic E-state index is -2.15. The predicted molar refractivity (Wildman–Crippen MR) is 287 cm³/mol. The molecule has 10 amide bonds. The lowest BCUT2D eigenvalue weighted by Crippen LogP contribution is -2.61. The number of carbonyl (C=O) groups is 14. The number of aromatic hydroxyl groups is 1. The highest BCUT2D eigenvalue weighted by Gasteiger charge is 2.37. The van der Waals surface area contributed by atoms with E-state index in [2.05, 4.69) is 42.2 Å². The number of hydrogen-bond donors (Lipinski definition) is 19. The molecule has 1 rings (SSSR count). The van der Waals surface area contributed by atoms with Gasteiger partial charge in [0.25, 0.3) is 0 Å². The van der Waals surface area contributed by atoms with Gasteiger partial charge in [-0.25, -0.2) is 4.79 Å². The van der Waals surface area contributed by atoms with Crippen molar-refractivity contribution in [3.05, 3.63) is 29.8 Å². The summed E-state index contributed by atoms with van der Waals surface area (Å²) in [5, 5.41) is 78.5. The van der Waals surface area contributed by atoms with Crippen LogP contribution in [-0.4, -0.2) is 193 Å². The maximum absolute atomic E-state index is 14.1. The Hall–Kier alpha value is -9.21. The van der Waals surface area contributed by atoms with E-state index in [9.17, 15) is 97.8 Å². The molecule has 0 radical (unpaired) electrons. The van der Waals surface area contributed by atoms with Crippen LogP contribution in [0.5, 0.6) is 5.75 Å². The van der Waals surface area contributed by atoms with Crippen LogP contribution in [0.25, 0.3) is 0 Å². The zero-order chi connectivity index (χ0) is 63.4. The van der Waals surface area contributed by atoms with E-state index in [4.69, 9.17) is 22.9 Å². The Morgan fingerprint density at radius 1 is 0.518 bits per heavy atom. The molecular weight excluding hydrogens is 1100 g/mol. The second-order valence-corrected chi connectivity index (χ2v) is 19.4. The van der Waals surface area contributed by atoms with Gasteiger partial charge in [-0.1, -0.05) is 46.2 Å². The fraction of sp³-hybridized carbons (Fsp3) is 0.571. The normalized spacial score (nSPS) is 14.9. The maximum Gasteiger partial charge on any atom is 0.326 e. The van der Waals surface area contributed by atoms with Crippen LogP contribution in [0.2, 0.25) is 0 Å². The van der Waals surface area contributed by atoms with E-state index in [0.717, 1.165) is 6.92 Å². The average molecular weight is 1180 g/mol. The molecule has 23 N–H and O–H groups in total. The molecule has 34 nitrogen and oxygen atoms in total. The van der Waals surface area contributed by atoms with Gasteiger partial charge in [0.1, 0.15) is 60.1 Å². The number of aliphatic imine (C=N–C) groups is 1. The van der Waals surface area contributed by atoms with Crippen LogP contribution in [0.15, 0.2) is 29.3 Å². The summed E-state index contributed by atoms with van der Waals surface area (Å²) in [6, 6.07) is -11.9. The molecule has 0 heterocycles. The summed E-state index contributed by atoms with van der Waals surface area (Å²) in [5.41, 5.74) is 21.9. The number of amides is 10. The van der Waals surface area contributed by atoms with Crippen molar-refractivity contribution >= 4 is 88.9 Å². The molecule has 1 aromatic rings. The largest absolute Gasteiger partial charge is 0.508 e. The monoisotopic (exact) mass is 1180 g/mol. The van der Waals surface area contributed by atoms with Crippen LogP contribution >= 0.6 is 0 Å². The number of phenols is 1. The molecular formula is C49H76N14O20. The van der Waals surface area contributed by atoms with Gasteiger partial charge < -0.3 is 101 Å². The number of hydrogen-bond acceptors (Lipinski definition) is 18. The third kappa shape index (κ3) is 26.7. The SMILES string of the molecule is CC[C@H](C)[C@H](NC(=O)[C@H](Cc1ccc(O)cc1)NC(=O)[C@H](CCCN=C(N)N)NC(=O)[C@H](CC(=O)O)NC(=O)[C@H](CC(=O)O)NC(=O)[C@H](C)NC(=O)[C@H](CCC(=O)O)NC(=O)[C@H](CO)NC(=O)[C@@H](NC(=O)[C@@H](N)CC(N)=O)C(C)C)C(=O)O. The van der Waals surface area contributed by atoms with Gasteiger partial charge in [0, 0.05) is 19.4 Å². The minimum absolute atomic E-state index is 0.0641. The van der Waals surface area contributed by atoms with Gasteiger partial charge in [0.05, 0.1) is 31.9 Å². The smallest absolute Gasteiger partial charge is 0.326 e. The number of carboxylic acid groups (broad SMARTS) is 4. The Bertz CT molecular complexity index is 2530. The number of aliphatic hydroxyl groups excluding tert-OH is 1. The van der Waals surface area contributed by atoms with Crippen LogP contribution in [0.1, 0.15) is 91.5 Å². The topological polar surface area (TPSA) is 585 Å². The molecule has 0 fully saturated rings. The molecule has 0 aliphatic rings. The molecule has 11 atom stereocenters. The molecule has 0 unspecified atom stereocenters. The number of carbonyl (C=O) groups excluding carboxylic acids is 10. The lowest BCUT2D eigenvalue weighted by molar-refractivity contribution is -0.144. The summed E-state index contributed by atoms with van der Waals surface area (Å²) < 4.78 is 0. The number of carboxylic acids is 4. The van der Waals surface area contributed by atoms with E-state index in [1.54, 1.807) is 13.8 Å². The molecule has 1 aromatic carbocycles. The third-order valence-electron chi connectivity index (χ3n) is 12.2. The number of nitrogens with zero attached hydrogens (tertiary/aromatic N) is 1. The van der Waals surface area contributed by atoms with Crippen molar-refractivity contribution in [2.45, 2.75) is 153 Å². The van der Waals surface area contributed by atoms with E-state index < -0.39 is 194 Å². The first-order valence-electron chi connectivity index (χ1n) is 25.8. The number of aliphatic carboxylic acids is 4. The molecule has 0 saturated heterocycles. The highest BCUT2D eigenvalue weighted by atomic mass is 16.4. The highest BCUT2D eigenvalue weighted by molar-refractivity contribution is 6.00. The van der Waals surface area contributed by atoms with E-state index in [1.807, 2.05) is 10.6 Å². The molecule has 34 heteroatoms. The Kier molecular flexibility index (Phi) is 30.7. The van der Waals surface area contributed by atoms with E-state index >= 15 is 0 Å². The van der Waals surface area contributed by atoms with Crippen LogP contribution < -0.4 is 70.8 Å². The van der Waals surface area contributed by atoms with Crippen molar-refractivity contribution in [1.82, 2.24) is 47.9 Å². The number of guanidine groups is 1. The van der Waals surface area contributed by atoms with Crippen LogP contribution in [0, 0.1) is 11.8 Å². The average Bonchev–Trinajstić information content (AvgIpc) is 3.40. The Balaban J connectivity index is 3.48. The van der Waals surface area contributed by atoms with Gasteiger partial charge in [-0.3, -0.25) is 67.3 Å². The van der Waals surface area contributed by atoms with Crippen molar-refractivity contribution in [3.63, 3.8) is 0 Å². The summed E-state index contributed by atoms with van der Waals surface area (Å²) in [4.78, 5) is 185. The zero-order valence-corrected chi connectivity index (χ0v) is 46.2. The maximum atomic E-state index is 14.1. The Morgan fingerprint density at radius 3 is 1.43 bits per heavy atom. The molecule has 0 aromatic heterocycles. The summed E-state index contributed by atoms with van der Waals surface area (Å²) >= 11 is 0. The van der Waals surface area contributed by atoms with Crippen molar-refractivity contribution in [1.29, 1.82) is 0 Å². The van der Waals surface area contributed by atoms with Crippen LogP contribution in [0.3, 0.4) is 0 Å². The first kappa shape index (κ1) is 71.8. The Labute approximate surface area is 474 Å². The number of primary amides is 1. The quantitative estimate of drug-likeness (QED) is 0.0166. The molecule has 83 heavy (non-hydrogen) atoms. The van der Waals surface area contributed by atoms with E-state index in [-0.39, 0.29) is 37.5 Å². The molecule has 0 spiro atoms. The third-order valence-corrected chi connectivity index (χ3v) is 12.2. The van der Waals surface area contributed by atoms with Crippen LogP contribution in [-0.2, 0) is 73.5 Å². The van der Waals surface area contributed by atoms with Gasteiger partial charge in [-0.05, 0) is 55.7 Å². The first-order chi connectivity index (χ1) is 38.7. The van der Waals surface area contributed by atoms with Crippen molar-refractivity contribution in [2.75, 3.05) is 13.2 Å². The number of nitrogens with two attached hydrogens (primary N) is 4. The number of benzene rings is 1. The van der Waals surface area contributed by atoms with Crippen LogP contribution in [0.4, 0.5) is 0 Å². The lowest BCUT2D eigenvalue weighted by Gasteiger charge is -2.27. The summed E-state index contributed by atoms with van der Waals surface area (Å²) in [6.07, 6.45) is -4.90. The minimum Gasteiger partial charge on any atom is -0.508 e. The molecule has 0 aliphatic carbocycles. The molecule has 0 aliphatic heterocycles. The fourth-order valence-corrected chi connectivity index (χ4v) is 7.42. The lowest BCUT2D eigenvalue weighted by atomic mass is 9.98. The van der Waals surface area contributed by atoms with Crippen molar-refractivity contribution < 1.29 is 97.8 Å². The van der Waals surface area contributed by atoms with Crippen molar-refractivity contribution in [2.24, 2.45) is 39.8 Å². The number of aliphatic hydroxyl groups is 1. The molecule has 0 saturated carbocycles. The number of nitrogens with one attached hydrogen (secondary N) is 9. The number of rotatable bonds is 38. The van der Waals surface area contributed by atoms with E-state index in [1.165, 1.54) is 38.1 Å². The van der Waals surface area contributed by atoms with Gasteiger partial charge in [-0.15, -0.1) is 0 Å². The van der Waals surface area contributed by atoms with Gasteiger partial charge in [-0.2, -0.15) is 0 Å². The van der Waals surface area contributed by atoms with Gasteiger partial charge in [0.15, 0.2) is 5.96 Å². The second-order valence-electron chi connectivity index (χ2n) is 19.4. The zero-order valence-electron chi connectivity index (χ0n) is 46.2. The Morgan fingerprint density at radius 2 is 0.964 bits per heavy atom. The molecule has 462 valence electrons. The second kappa shape index (κ2) is 35.5. The van der Waals surface area contributed by atoms with E-state index in [0.29, 0.717) is 12.0 Å². The molecule has 0 bridgehead atoms. The van der Waals surface area contributed by atoms with Gasteiger partial charge in [0.2, 0.25) is 59.1 Å². The fourth-order valence-electron chi connectivity index (χ4n) is 7.42. The highest BCUT2D eigenvalue weighted by Crippen LogP contribution is 2.15. The standard InChI is InChI=1S/C49H76N14O20/c1-6-22(4)38(48(82)83)63-45(79)29(16-24-9-11-25(65)12-10-24)59-42(76)27(8-7-15-54-49(52)53)56-43(77)31(19-36(71)72)60-44(78)30(18-35(69)70)58-39(73)23(5)55-41(75)28(13-14-34(67)68)57-46(80)32(20-64)61-47(81)37(21(2)3)62-40(74)26(50)17-33(51)66/h9-12,21-23,26-32,37-38,64-65H,6-8,13-20,50H2,1-5H3,(H2,51,66)(H,55,75)(H,56,77)(H,57,80)(H,58,73)(H,59,76)(H,60,78)(H,61,81)(H,62,74)(H,63,79)(H,67,68)(H,69,70)(H,71,72)(H,82,83)(H4,52,53,54)/t22-,23-,26-,27-,28-,29-,30-,31-,32-,37-,38-/m0/s1. The summed E-state index contributed by atoms with van der Waals surface area (Å²) in [7, 11) is 0.